The molecular formula is C13H25NO2. The van der Waals surface area contributed by atoms with Crippen LogP contribution >= 0.6 is 0 Å². The first-order valence-electron chi connectivity index (χ1n) is 6.36. The zero-order valence-electron chi connectivity index (χ0n) is 11.0. The Morgan fingerprint density at radius 1 is 1.56 bits per heavy atom. The molecule has 0 radical (unpaired) electrons. The molecule has 16 heavy (non-hydrogen) atoms. The Balaban J connectivity index is 2.69. The Kier molecular flexibility index (Phi) is 4.36. The molecule has 0 saturated heterocycles. The van der Waals surface area contributed by atoms with Crippen molar-refractivity contribution in [2.24, 2.45) is 5.41 Å². The zero-order chi connectivity index (χ0) is 12.3. The summed E-state index contributed by atoms with van der Waals surface area (Å²) in [6.07, 6.45) is 3.99. The topological polar surface area (TPSA) is 40.5 Å². The number of hydrogen-bond acceptors (Lipinski definition) is 2. The Hall–Kier alpha value is -0.570. The Morgan fingerprint density at radius 2 is 2.19 bits per heavy atom. The van der Waals surface area contributed by atoms with Crippen LogP contribution in [0.15, 0.2) is 0 Å². The molecule has 1 rings (SSSR count). The lowest BCUT2D eigenvalue weighted by molar-refractivity contribution is -0.138. The smallest absolute Gasteiger partial charge is 0.304 e. The molecule has 0 spiro atoms. The van der Waals surface area contributed by atoms with Gasteiger partial charge in [-0.05, 0) is 31.7 Å². The molecule has 1 aliphatic rings. The molecule has 94 valence electrons. The van der Waals surface area contributed by atoms with E-state index in [4.69, 9.17) is 5.11 Å². The lowest BCUT2D eigenvalue weighted by Gasteiger charge is -2.40. The molecule has 2 atom stereocenters. The summed E-state index contributed by atoms with van der Waals surface area (Å²) >= 11 is 0. The summed E-state index contributed by atoms with van der Waals surface area (Å²) in [7, 11) is 0. The Bertz CT molecular complexity index is 250. The highest BCUT2D eigenvalue weighted by atomic mass is 16.4. The van der Waals surface area contributed by atoms with E-state index < -0.39 is 5.97 Å². The summed E-state index contributed by atoms with van der Waals surface area (Å²) in [5.41, 5.74) is 0.336. The Morgan fingerprint density at radius 3 is 2.56 bits per heavy atom. The van der Waals surface area contributed by atoms with Gasteiger partial charge in [0.1, 0.15) is 0 Å². The normalized spacial score (nSPS) is 25.9. The van der Waals surface area contributed by atoms with Crippen LogP contribution in [0, 0.1) is 5.41 Å². The number of rotatable bonds is 5. The van der Waals surface area contributed by atoms with Crippen molar-refractivity contribution < 1.29 is 9.90 Å². The van der Waals surface area contributed by atoms with E-state index in [1.54, 1.807) is 0 Å². The summed E-state index contributed by atoms with van der Waals surface area (Å²) in [6, 6.07) is 0.691. The first kappa shape index (κ1) is 13.5. The van der Waals surface area contributed by atoms with Gasteiger partial charge in [0.15, 0.2) is 0 Å². The lowest BCUT2D eigenvalue weighted by atomic mass is 9.85. The van der Waals surface area contributed by atoms with E-state index in [0.29, 0.717) is 11.5 Å². The molecule has 1 N–H and O–H groups in total. The number of aliphatic carboxylic acids is 1. The van der Waals surface area contributed by atoms with Crippen LogP contribution in [0.25, 0.3) is 0 Å². The number of carboxylic acids is 1. The average molecular weight is 227 g/mol. The van der Waals surface area contributed by atoms with E-state index in [1.807, 2.05) is 6.92 Å². The van der Waals surface area contributed by atoms with Gasteiger partial charge in [-0.3, -0.25) is 9.69 Å². The van der Waals surface area contributed by atoms with E-state index in [1.165, 1.54) is 19.3 Å². The van der Waals surface area contributed by atoms with Crippen molar-refractivity contribution in [3.63, 3.8) is 0 Å². The number of nitrogens with zero attached hydrogens (tertiary/aromatic N) is 1. The zero-order valence-corrected chi connectivity index (χ0v) is 11.0. The highest BCUT2D eigenvalue weighted by Gasteiger charge is 2.39. The van der Waals surface area contributed by atoms with Crippen molar-refractivity contribution in [3.8, 4) is 0 Å². The molecule has 0 aromatic heterocycles. The minimum Gasteiger partial charge on any atom is -0.481 e. The first-order chi connectivity index (χ1) is 7.38. The molecule has 0 heterocycles. The molecule has 1 saturated carbocycles. The quantitative estimate of drug-likeness (QED) is 0.785. The second-order valence-electron chi connectivity index (χ2n) is 5.67. The highest BCUT2D eigenvalue weighted by Crippen LogP contribution is 2.41. The number of carboxylic acid groups (broad SMARTS) is 1. The second-order valence-corrected chi connectivity index (χ2v) is 5.67. The van der Waals surface area contributed by atoms with Crippen LogP contribution < -0.4 is 0 Å². The van der Waals surface area contributed by atoms with E-state index >= 15 is 0 Å². The van der Waals surface area contributed by atoms with Crippen LogP contribution in [-0.4, -0.2) is 34.6 Å². The van der Waals surface area contributed by atoms with Crippen LogP contribution in [-0.2, 0) is 4.79 Å². The van der Waals surface area contributed by atoms with E-state index in [2.05, 4.69) is 25.7 Å². The molecule has 1 fully saturated rings. The Labute approximate surface area is 98.8 Å². The fourth-order valence-electron chi connectivity index (χ4n) is 3.13. The van der Waals surface area contributed by atoms with E-state index in [0.717, 1.165) is 6.54 Å². The summed E-state index contributed by atoms with van der Waals surface area (Å²) in [5.74, 6) is -0.693. The molecule has 0 bridgehead atoms. The molecule has 0 amide bonds. The van der Waals surface area contributed by atoms with Crippen molar-refractivity contribution in [2.75, 3.05) is 6.54 Å². The van der Waals surface area contributed by atoms with Crippen LogP contribution in [0.5, 0.6) is 0 Å². The van der Waals surface area contributed by atoms with Gasteiger partial charge in [0.05, 0.1) is 6.42 Å². The van der Waals surface area contributed by atoms with Crippen molar-refractivity contribution in [3.05, 3.63) is 0 Å². The van der Waals surface area contributed by atoms with Gasteiger partial charge in [0, 0.05) is 12.1 Å². The predicted molar refractivity (Wildman–Crippen MR) is 65.5 cm³/mol. The summed E-state index contributed by atoms with van der Waals surface area (Å²) < 4.78 is 0. The van der Waals surface area contributed by atoms with Crippen molar-refractivity contribution in [1.29, 1.82) is 0 Å². The van der Waals surface area contributed by atoms with Gasteiger partial charge in [-0.15, -0.1) is 0 Å². The summed E-state index contributed by atoms with van der Waals surface area (Å²) in [5, 5.41) is 8.87. The summed E-state index contributed by atoms with van der Waals surface area (Å²) in [4.78, 5) is 13.2. The maximum Gasteiger partial charge on any atom is 0.304 e. The van der Waals surface area contributed by atoms with Gasteiger partial charge in [0.2, 0.25) is 0 Å². The van der Waals surface area contributed by atoms with Crippen LogP contribution in [0.4, 0.5) is 0 Å². The van der Waals surface area contributed by atoms with Gasteiger partial charge in [-0.1, -0.05) is 27.2 Å². The van der Waals surface area contributed by atoms with Crippen molar-refractivity contribution in [1.82, 2.24) is 4.90 Å². The molecule has 0 aliphatic heterocycles. The minimum absolute atomic E-state index is 0.143. The van der Waals surface area contributed by atoms with E-state index in [-0.39, 0.29) is 12.5 Å². The highest BCUT2D eigenvalue weighted by molar-refractivity contribution is 5.67. The standard InChI is InChI=1S/C13H25NO2/c1-5-14(10(2)9-12(15)16)11-7-6-8-13(11,3)4/h10-11H,5-9H2,1-4H3,(H,15,16). The molecular weight excluding hydrogens is 202 g/mol. The van der Waals surface area contributed by atoms with Crippen LogP contribution in [0.2, 0.25) is 0 Å². The molecule has 0 aromatic rings. The molecule has 1 aliphatic carbocycles. The number of hydrogen-bond donors (Lipinski definition) is 1. The lowest BCUT2D eigenvalue weighted by Crippen LogP contribution is -2.47. The van der Waals surface area contributed by atoms with Crippen molar-refractivity contribution in [2.45, 2.75) is 65.5 Å². The molecule has 0 aromatic carbocycles. The van der Waals surface area contributed by atoms with Gasteiger partial charge in [-0.2, -0.15) is 0 Å². The minimum atomic E-state index is -0.693. The van der Waals surface area contributed by atoms with Crippen LogP contribution in [0.3, 0.4) is 0 Å². The fourth-order valence-corrected chi connectivity index (χ4v) is 3.13. The van der Waals surface area contributed by atoms with Gasteiger partial charge in [-0.25, -0.2) is 0 Å². The molecule has 3 nitrogen and oxygen atoms in total. The predicted octanol–water partition coefficient (Wildman–Crippen LogP) is 2.75. The third kappa shape index (κ3) is 2.97. The van der Waals surface area contributed by atoms with Crippen molar-refractivity contribution >= 4 is 5.97 Å². The number of carbonyl (C=O) groups is 1. The average Bonchev–Trinajstić information content (AvgIpc) is 2.46. The monoisotopic (exact) mass is 227 g/mol. The summed E-state index contributed by atoms with van der Waals surface area (Å²) in [6.45, 7) is 9.73. The van der Waals surface area contributed by atoms with Gasteiger partial charge >= 0.3 is 5.97 Å². The second kappa shape index (κ2) is 5.17. The third-order valence-corrected chi connectivity index (χ3v) is 4.00. The SMILES string of the molecule is CCN(C(C)CC(=O)O)C1CCCC1(C)C. The molecule has 2 unspecified atom stereocenters. The fraction of sp³-hybridized carbons (Fsp3) is 0.923. The van der Waals surface area contributed by atoms with Gasteiger partial charge in [0.25, 0.3) is 0 Å². The maximum absolute atomic E-state index is 10.8. The van der Waals surface area contributed by atoms with E-state index in [9.17, 15) is 4.79 Å². The largest absolute Gasteiger partial charge is 0.481 e. The third-order valence-electron chi connectivity index (χ3n) is 4.00. The van der Waals surface area contributed by atoms with Crippen LogP contribution in [0.1, 0.15) is 53.4 Å². The maximum atomic E-state index is 10.8. The first-order valence-corrected chi connectivity index (χ1v) is 6.36. The van der Waals surface area contributed by atoms with Gasteiger partial charge < -0.3 is 5.11 Å². The molecule has 3 heteroatoms.